The summed E-state index contributed by atoms with van der Waals surface area (Å²) in [5, 5.41) is 0. The second kappa shape index (κ2) is 4.41. The molecule has 0 saturated carbocycles. The van der Waals surface area contributed by atoms with Crippen LogP contribution < -0.4 is 0 Å². The quantitative estimate of drug-likeness (QED) is 0.704. The lowest BCUT2D eigenvalue weighted by atomic mass is 10.2. The Morgan fingerprint density at radius 3 is 2.83 bits per heavy atom. The molecule has 0 bridgehead atoms. The van der Waals surface area contributed by atoms with Crippen LogP contribution >= 0.6 is 15.9 Å². The normalized spacial score (nSPS) is 9.58. The summed E-state index contributed by atoms with van der Waals surface area (Å²) in [6.07, 6.45) is 6.86. The molecule has 64 valence electrons. The number of halogens is 1. The molecular formula is C10H12BrN. The van der Waals surface area contributed by atoms with E-state index in [0.717, 1.165) is 10.9 Å². The van der Waals surface area contributed by atoms with Crippen LogP contribution in [0.5, 0.6) is 0 Å². The van der Waals surface area contributed by atoms with Crippen molar-refractivity contribution in [2.45, 2.75) is 20.3 Å². The third kappa shape index (κ3) is 3.18. The van der Waals surface area contributed by atoms with E-state index < -0.39 is 0 Å². The summed E-state index contributed by atoms with van der Waals surface area (Å²) in [4.78, 5) is 4.09. The number of pyridine rings is 1. The Hall–Kier alpha value is -0.630. The summed E-state index contributed by atoms with van der Waals surface area (Å²) in [6.45, 7) is 4.21. The molecule has 0 saturated heterocycles. The van der Waals surface area contributed by atoms with Gasteiger partial charge in [0.25, 0.3) is 0 Å². The molecule has 0 N–H and O–H groups in total. The Morgan fingerprint density at radius 1 is 1.50 bits per heavy atom. The minimum atomic E-state index is 0.967. The fourth-order valence-corrected chi connectivity index (χ4v) is 1.30. The van der Waals surface area contributed by atoms with Crippen molar-refractivity contribution >= 4 is 15.9 Å². The maximum atomic E-state index is 4.09. The summed E-state index contributed by atoms with van der Waals surface area (Å²) in [7, 11) is 0. The number of aromatic nitrogens is 1. The molecule has 0 fully saturated rings. The number of hydrogen-bond donors (Lipinski definition) is 0. The van der Waals surface area contributed by atoms with Crippen LogP contribution in [0.4, 0.5) is 0 Å². The van der Waals surface area contributed by atoms with E-state index >= 15 is 0 Å². The van der Waals surface area contributed by atoms with Crippen LogP contribution in [-0.2, 0) is 6.42 Å². The predicted molar refractivity (Wildman–Crippen MR) is 55.1 cm³/mol. The fraction of sp³-hybridized carbons (Fsp3) is 0.300. The zero-order chi connectivity index (χ0) is 8.97. The SMILES string of the molecule is CC(C)=CCc1cncc(Br)c1. The topological polar surface area (TPSA) is 12.9 Å². The van der Waals surface area contributed by atoms with Crippen molar-refractivity contribution in [1.29, 1.82) is 0 Å². The average molecular weight is 226 g/mol. The van der Waals surface area contributed by atoms with Crippen molar-refractivity contribution in [3.8, 4) is 0 Å². The second-order valence-corrected chi connectivity index (χ2v) is 3.91. The first-order chi connectivity index (χ1) is 5.68. The molecule has 2 heteroatoms. The highest BCUT2D eigenvalue weighted by atomic mass is 79.9. The Morgan fingerprint density at radius 2 is 2.25 bits per heavy atom. The van der Waals surface area contributed by atoms with Crippen LogP contribution in [0.3, 0.4) is 0 Å². The molecule has 0 aliphatic heterocycles. The average Bonchev–Trinajstić information content (AvgIpc) is 2.01. The highest BCUT2D eigenvalue weighted by Crippen LogP contribution is 2.10. The van der Waals surface area contributed by atoms with Gasteiger partial charge in [0.05, 0.1) is 0 Å². The molecule has 0 radical (unpaired) electrons. The van der Waals surface area contributed by atoms with Gasteiger partial charge >= 0.3 is 0 Å². The van der Waals surface area contributed by atoms with Gasteiger partial charge in [0.2, 0.25) is 0 Å². The van der Waals surface area contributed by atoms with Gasteiger partial charge in [-0.05, 0) is 47.8 Å². The Bertz CT molecular complexity index is 288. The number of hydrogen-bond acceptors (Lipinski definition) is 1. The van der Waals surface area contributed by atoms with E-state index in [2.05, 4.69) is 46.9 Å². The smallest absolute Gasteiger partial charge is 0.0410 e. The van der Waals surface area contributed by atoms with Crippen LogP contribution in [-0.4, -0.2) is 4.98 Å². The maximum absolute atomic E-state index is 4.09. The van der Waals surface area contributed by atoms with E-state index in [1.54, 1.807) is 6.20 Å². The molecule has 1 aromatic rings. The minimum Gasteiger partial charge on any atom is -0.263 e. The lowest BCUT2D eigenvalue weighted by molar-refractivity contribution is 1.16. The van der Waals surface area contributed by atoms with Gasteiger partial charge in [0.15, 0.2) is 0 Å². The molecule has 0 aromatic carbocycles. The lowest BCUT2D eigenvalue weighted by Crippen LogP contribution is -1.83. The lowest BCUT2D eigenvalue weighted by Gasteiger charge is -1.96. The van der Waals surface area contributed by atoms with Gasteiger partial charge in [-0.3, -0.25) is 4.98 Å². The standard InChI is InChI=1S/C10H12BrN/c1-8(2)3-4-9-5-10(11)7-12-6-9/h3,5-7H,4H2,1-2H3. The first kappa shape index (κ1) is 9.46. The van der Waals surface area contributed by atoms with Gasteiger partial charge in [0.1, 0.15) is 0 Å². The minimum absolute atomic E-state index is 0.967. The summed E-state index contributed by atoms with van der Waals surface area (Å²) in [5.74, 6) is 0. The summed E-state index contributed by atoms with van der Waals surface area (Å²) < 4.78 is 1.04. The first-order valence-corrected chi connectivity index (χ1v) is 4.70. The molecule has 1 rings (SSSR count). The summed E-state index contributed by atoms with van der Waals surface area (Å²) in [5.41, 5.74) is 2.58. The molecule has 0 unspecified atom stereocenters. The van der Waals surface area contributed by atoms with E-state index in [1.807, 2.05) is 6.20 Å². The van der Waals surface area contributed by atoms with Crippen molar-refractivity contribution in [2.75, 3.05) is 0 Å². The van der Waals surface area contributed by atoms with Crippen LogP contribution in [0.1, 0.15) is 19.4 Å². The molecule has 1 nitrogen and oxygen atoms in total. The number of allylic oxidation sites excluding steroid dienone is 2. The van der Waals surface area contributed by atoms with Gasteiger partial charge in [0, 0.05) is 16.9 Å². The number of rotatable bonds is 2. The molecule has 0 aliphatic carbocycles. The third-order valence-corrected chi connectivity index (χ3v) is 1.94. The van der Waals surface area contributed by atoms with E-state index in [9.17, 15) is 0 Å². The second-order valence-electron chi connectivity index (χ2n) is 3.00. The van der Waals surface area contributed by atoms with Crippen LogP contribution in [0.15, 0.2) is 34.6 Å². The van der Waals surface area contributed by atoms with E-state index in [-0.39, 0.29) is 0 Å². The largest absolute Gasteiger partial charge is 0.263 e. The Kier molecular flexibility index (Phi) is 3.48. The van der Waals surface area contributed by atoms with E-state index in [0.29, 0.717) is 0 Å². The van der Waals surface area contributed by atoms with Crippen LogP contribution in [0.2, 0.25) is 0 Å². The van der Waals surface area contributed by atoms with Gasteiger partial charge in [-0.1, -0.05) is 11.6 Å². The Labute approximate surface area is 81.7 Å². The van der Waals surface area contributed by atoms with Crippen molar-refractivity contribution < 1.29 is 0 Å². The van der Waals surface area contributed by atoms with Crippen LogP contribution in [0, 0.1) is 0 Å². The highest BCUT2D eigenvalue weighted by Gasteiger charge is 1.91. The molecule has 1 aromatic heterocycles. The number of nitrogens with zero attached hydrogens (tertiary/aromatic N) is 1. The van der Waals surface area contributed by atoms with Gasteiger partial charge in [-0.2, -0.15) is 0 Å². The molecule has 0 spiro atoms. The molecular weight excluding hydrogens is 214 g/mol. The van der Waals surface area contributed by atoms with Crippen molar-refractivity contribution in [1.82, 2.24) is 4.98 Å². The van der Waals surface area contributed by atoms with Crippen LogP contribution in [0.25, 0.3) is 0 Å². The van der Waals surface area contributed by atoms with Gasteiger partial charge in [-0.15, -0.1) is 0 Å². The first-order valence-electron chi connectivity index (χ1n) is 3.91. The zero-order valence-electron chi connectivity index (χ0n) is 7.34. The van der Waals surface area contributed by atoms with E-state index in [4.69, 9.17) is 0 Å². The fourth-order valence-electron chi connectivity index (χ4n) is 0.889. The van der Waals surface area contributed by atoms with Crippen molar-refractivity contribution in [3.63, 3.8) is 0 Å². The molecule has 0 amide bonds. The zero-order valence-corrected chi connectivity index (χ0v) is 8.93. The molecule has 1 heterocycles. The maximum Gasteiger partial charge on any atom is 0.0410 e. The van der Waals surface area contributed by atoms with Crippen molar-refractivity contribution in [2.24, 2.45) is 0 Å². The van der Waals surface area contributed by atoms with E-state index in [1.165, 1.54) is 11.1 Å². The molecule has 12 heavy (non-hydrogen) atoms. The summed E-state index contributed by atoms with van der Waals surface area (Å²) >= 11 is 3.39. The molecule has 0 aliphatic rings. The molecule has 0 atom stereocenters. The summed E-state index contributed by atoms with van der Waals surface area (Å²) in [6, 6.07) is 2.09. The van der Waals surface area contributed by atoms with Gasteiger partial charge in [-0.25, -0.2) is 0 Å². The predicted octanol–water partition coefficient (Wildman–Crippen LogP) is 3.35. The van der Waals surface area contributed by atoms with Crippen molar-refractivity contribution in [3.05, 3.63) is 40.1 Å². The highest BCUT2D eigenvalue weighted by molar-refractivity contribution is 9.10. The third-order valence-electron chi connectivity index (χ3n) is 1.51. The van der Waals surface area contributed by atoms with Gasteiger partial charge < -0.3 is 0 Å². The monoisotopic (exact) mass is 225 g/mol. The Balaban J connectivity index is 2.70.